The van der Waals surface area contributed by atoms with Gasteiger partial charge in [0.05, 0.1) is 11.7 Å². The molecule has 2 heterocycles. The smallest absolute Gasteiger partial charge is 0.475 e. The largest absolute Gasteiger partial charge is 0.490 e. The van der Waals surface area contributed by atoms with Gasteiger partial charge >= 0.3 is 12.1 Å². The second-order valence-corrected chi connectivity index (χ2v) is 6.91. The Balaban J connectivity index is 0.000000480. The number of alkyl halides is 5. The van der Waals surface area contributed by atoms with Crippen LogP contribution in [0, 0.1) is 5.92 Å². The molecule has 28 heavy (non-hydrogen) atoms. The molecule has 2 rings (SSSR count). The summed E-state index contributed by atoms with van der Waals surface area (Å²) >= 11 is 0. The maximum atomic E-state index is 13.4. The van der Waals surface area contributed by atoms with Gasteiger partial charge in [0.25, 0.3) is 11.8 Å². The summed E-state index contributed by atoms with van der Waals surface area (Å²) < 4.78 is 60.0. The fourth-order valence-corrected chi connectivity index (χ4v) is 2.52. The van der Waals surface area contributed by atoms with Crippen LogP contribution in [0.3, 0.4) is 0 Å². The lowest BCUT2D eigenvalue weighted by atomic mass is 10.0. The Kier molecular flexibility index (Phi) is 7.52. The number of nitrogens with two attached hydrogens (primary N) is 1. The van der Waals surface area contributed by atoms with Gasteiger partial charge in [0.2, 0.25) is 0 Å². The third kappa shape index (κ3) is 6.43. The number of hydrogen-bond acceptors (Lipinski definition) is 4. The number of hydrogen-bond donors (Lipinski definition) is 2. The first kappa shape index (κ1) is 23.8. The molecule has 1 amide bonds. The Morgan fingerprint density at radius 3 is 2.36 bits per heavy atom. The van der Waals surface area contributed by atoms with E-state index in [2.05, 4.69) is 18.9 Å². The van der Waals surface area contributed by atoms with Gasteiger partial charge < -0.3 is 15.7 Å². The molecule has 12 heteroatoms. The highest BCUT2D eigenvalue weighted by Gasteiger charge is 2.43. The predicted molar refractivity (Wildman–Crippen MR) is 88.9 cm³/mol. The van der Waals surface area contributed by atoms with Gasteiger partial charge in [0.1, 0.15) is 5.69 Å². The highest BCUT2D eigenvalue weighted by molar-refractivity contribution is 5.92. The normalized spacial score (nSPS) is 19.2. The van der Waals surface area contributed by atoms with E-state index in [1.54, 1.807) is 13.1 Å². The highest BCUT2D eigenvalue weighted by atomic mass is 19.4. The van der Waals surface area contributed by atoms with E-state index in [1.165, 1.54) is 9.58 Å². The summed E-state index contributed by atoms with van der Waals surface area (Å²) in [5.41, 5.74) is 6.72. The average Bonchev–Trinajstić information content (AvgIpc) is 2.88. The zero-order valence-corrected chi connectivity index (χ0v) is 15.6. The second kappa shape index (κ2) is 8.84. The summed E-state index contributed by atoms with van der Waals surface area (Å²) in [6, 6.07) is 0.430. The van der Waals surface area contributed by atoms with Crippen LogP contribution in [-0.2, 0) is 18.3 Å². The number of nitrogens with zero attached hydrogens (tertiary/aromatic N) is 3. The zero-order chi connectivity index (χ0) is 21.9. The Labute approximate surface area is 158 Å². The molecule has 1 atom stereocenters. The van der Waals surface area contributed by atoms with Gasteiger partial charge in [-0.15, -0.1) is 0 Å². The molecule has 160 valence electrons. The lowest BCUT2D eigenvalue weighted by Crippen LogP contribution is -2.56. The Hall–Kier alpha value is -2.24. The lowest BCUT2D eigenvalue weighted by molar-refractivity contribution is -0.192. The molecule has 1 aliphatic heterocycles. The van der Waals surface area contributed by atoms with Crippen molar-refractivity contribution >= 4 is 11.9 Å². The standard InChI is InChI=1S/C14H22F2N4O.C2HF3O2/c1-9(2)6-10-7-11(19(3)18-10)13(21)20-5-4-14(15,16)12(17)8-20;3-2(4,5)1(6)7/h7,9,12H,4-6,8,17H2,1-3H3;(H,6,7). The number of carbonyl (C=O) groups excluding carboxylic acids is 1. The van der Waals surface area contributed by atoms with Crippen molar-refractivity contribution in [2.24, 2.45) is 18.7 Å². The van der Waals surface area contributed by atoms with Crippen molar-refractivity contribution in [1.82, 2.24) is 14.7 Å². The molecule has 1 aromatic heterocycles. The van der Waals surface area contributed by atoms with Crippen LogP contribution in [0.15, 0.2) is 6.07 Å². The van der Waals surface area contributed by atoms with Crippen LogP contribution in [-0.4, -0.2) is 62.9 Å². The minimum Gasteiger partial charge on any atom is -0.475 e. The monoisotopic (exact) mass is 414 g/mol. The third-order valence-corrected chi connectivity index (χ3v) is 3.97. The molecular weight excluding hydrogens is 391 g/mol. The first-order chi connectivity index (χ1) is 12.6. The van der Waals surface area contributed by atoms with E-state index in [4.69, 9.17) is 15.6 Å². The number of carbonyl (C=O) groups is 2. The zero-order valence-electron chi connectivity index (χ0n) is 15.6. The number of aromatic nitrogens is 2. The quantitative estimate of drug-likeness (QED) is 0.738. The number of carboxylic acids is 1. The van der Waals surface area contributed by atoms with E-state index in [9.17, 15) is 26.7 Å². The van der Waals surface area contributed by atoms with Crippen molar-refractivity contribution in [3.05, 3.63) is 17.5 Å². The van der Waals surface area contributed by atoms with Crippen molar-refractivity contribution in [3.63, 3.8) is 0 Å². The number of carboxylic acid groups (broad SMARTS) is 1. The van der Waals surface area contributed by atoms with Gasteiger partial charge in [0, 0.05) is 26.6 Å². The summed E-state index contributed by atoms with van der Waals surface area (Å²) in [4.78, 5) is 22.7. The third-order valence-electron chi connectivity index (χ3n) is 3.97. The van der Waals surface area contributed by atoms with Gasteiger partial charge in [-0.2, -0.15) is 18.3 Å². The molecule has 0 spiro atoms. The predicted octanol–water partition coefficient (Wildman–Crippen LogP) is 2.06. The molecule has 0 aliphatic carbocycles. The van der Waals surface area contributed by atoms with Crippen LogP contribution < -0.4 is 5.73 Å². The van der Waals surface area contributed by atoms with Crippen LogP contribution in [0.4, 0.5) is 22.0 Å². The van der Waals surface area contributed by atoms with Crippen molar-refractivity contribution in [1.29, 1.82) is 0 Å². The van der Waals surface area contributed by atoms with Crippen LogP contribution in [0.5, 0.6) is 0 Å². The van der Waals surface area contributed by atoms with Crippen LogP contribution in [0.25, 0.3) is 0 Å². The molecule has 1 aromatic rings. The van der Waals surface area contributed by atoms with Crippen molar-refractivity contribution in [2.45, 2.75) is 44.8 Å². The highest BCUT2D eigenvalue weighted by Crippen LogP contribution is 2.27. The van der Waals surface area contributed by atoms with Gasteiger partial charge in [-0.25, -0.2) is 13.6 Å². The number of halogens is 5. The molecule has 3 N–H and O–H groups in total. The molecule has 1 unspecified atom stereocenters. The number of aliphatic carboxylic acids is 1. The molecular formula is C16H23F5N4O3. The minimum atomic E-state index is -5.08. The first-order valence-electron chi connectivity index (χ1n) is 8.40. The molecule has 1 fully saturated rings. The van der Waals surface area contributed by atoms with Gasteiger partial charge in [-0.3, -0.25) is 9.48 Å². The number of piperidine rings is 1. The molecule has 0 saturated carbocycles. The molecule has 0 aromatic carbocycles. The van der Waals surface area contributed by atoms with Crippen LogP contribution in [0.1, 0.15) is 36.5 Å². The van der Waals surface area contributed by atoms with Crippen molar-refractivity contribution in [2.75, 3.05) is 13.1 Å². The van der Waals surface area contributed by atoms with E-state index in [-0.39, 0.29) is 19.0 Å². The molecule has 7 nitrogen and oxygen atoms in total. The number of amides is 1. The Morgan fingerprint density at radius 2 is 1.93 bits per heavy atom. The van der Waals surface area contributed by atoms with E-state index in [1.807, 2.05) is 0 Å². The van der Waals surface area contributed by atoms with Crippen molar-refractivity contribution < 1.29 is 36.6 Å². The van der Waals surface area contributed by atoms with E-state index in [0.29, 0.717) is 11.6 Å². The Morgan fingerprint density at radius 1 is 1.39 bits per heavy atom. The summed E-state index contributed by atoms with van der Waals surface area (Å²) in [7, 11) is 1.69. The lowest BCUT2D eigenvalue weighted by Gasteiger charge is -2.36. The van der Waals surface area contributed by atoms with E-state index < -0.39 is 30.5 Å². The summed E-state index contributed by atoms with van der Waals surface area (Å²) in [6.45, 7) is 4.03. The fourth-order valence-electron chi connectivity index (χ4n) is 2.52. The number of aryl methyl sites for hydroxylation is 1. The van der Waals surface area contributed by atoms with Gasteiger partial charge in [-0.05, 0) is 18.4 Å². The molecule has 1 aliphatic rings. The van der Waals surface area contributed by atoms with Crippen LogP contribution in [0.2, 0.25) is 0 Å². The summed E-state index contributed by atoms with van der Waals surface area (Å²) in [6.07, 6.45) is -4.70. The molecule has 0 bridgehead atoms. The topological polar surface area (TPSA) is 101 Å². The fraction of sp³-hybridized carbons (Fsp3) is 0.688. The summed E-state index contributed by atoms with van der Waals surface area (Å²) in [5, 5.41) is 11.4. The average molecular weight is 414 g/mol. The van der Waals surface area contributed by atoms with E-state index in [0.717, 1.165) is 12.1 Å². The SMILES string of the molecule is CC(C)Cc1cc(C(=O)N2CCC(F)(F)C(N)C2)n(C)n1.O=C(O)C(F)(F)F. The van der Waals surface area contributed by atoms with Gasteiger partial charge in [-0.1, -0.05) is 13.8 Å². The number of likely N-dealkylation sites (tertiary alicyclic amines) is 1. The maximum absolute atomic E-state index is 13.4. The minimum absolute atomic E-state index is 0.0181. The Bertz CT molecular complexity index is 703. The van der Waals surface area contributed by atoms with Crippen LogP contribution >= 0.6 is 0 Å². The first-order valence-corrected chi connectivity index (χ1v) is 8.40. The molecule has 1 saturated heterocycles. The maximum Gasteiger partial charge on any atom is 0.490 e. The number of rotatable bonds is 3. The summed E-state index contributed by atoms with van der Waals surface area (Å²) in [5.74, 6) is -5.50. The van der Waals surface area contributed by atoms with Crippen molar-refractivity contribution in [3.8, 4) is 0 Å². The molecule has 0 radical (unpaired) electrons. The van der Waals surface area contributed by atoms with E-state index >= 15 is 0 Å². The second-order valence-electron chi connectivity index (χ2n) is 6.91. The van der Waals surface area contributed by atoms with Gasteiger partial charge in [0.15, 0.2) is 0 Å².